The van der Waals surface area contributed by atoms with E-state index in [-0.39, 0.29) is 0 Å². The first-order valence-corrected chi connectivity index (χ1v) is 6.24. The van der Waals surface area contributed by atoms with Crippen molar-refractivity contribution in [3.05, 3.63) is 29.3 Å². The molecule has 0 radical (unpaired) electrons. The molecule has 2 heteroatoms. The molecule has 0 spiro atoms. The summed E-state index contributed by atoms with van der Waals surface area (Å²) in [6.45, 7) is 9.95. The summed E-state index contributed by atoms with van der Waals surface area (Å²) < 4.78 is 0. The molecule has 0 aliphatic carbocycles. The Kier molecular flexibility index (Phi) is 5.33. The summed E-state index contributed by atoms with van der Waals surface area (Å²) in [4.78, 5) is 2.49. The zero-order chi connectivity index (χ0) is 12.0. The standard InChI is InChI=1S/C14H24N2/c1-4-6-9-16(5-2)11-13-7-8-14(15)10-12(13)3/h7-8,10H,4-6,9,11,15H2,1-3H3. The van der Waals surface area contributed by atoms with Crippen molar-refractivity contribution in [1.29, 1.82) is 0 Å². The van der Waals surface area contributed by atoms with Crippen molar-refractivity contribution in [1.82, 2.24) is 4.90 Å². The van der Waals surface area contributed by atoms with Crippen molar-refractivity contribution in [3.63, 3.8) is 0 Å². The van der Waals surface area contributed by atoms with E-state index in [0.717, 1.165) is 18.8 Å². The maximum atomic E-state index is 5.76. The molecule has 0 aliphatic rings. The number of aryl methyl sites for hydroxylation is 1. The van der Waals surface area contributed by atoms with Crippen LogP contribution in [0.2, 0.25) is 0 Å². The molecule has 90 valence electrons. The lowest BCUT2D eigenvalue weighted by Crippen LogP contribution is -2.24. The Morgan fingerprint density at radius 2 is 2.00 bits per heavy atom. The van der Waals surface area contributed by atoms with Gasteiger partial charge in [-0.3, -0.25) is 4.90 Å². The molecule has 1 aromatic rings. The molecule has 0 aromatic heterocycles. The molecule has 16 heavy (non-hydrogen) atoms. The molecular weight excluding hydrogens is 196 g/mol. The quantitative estimate of drug-likeness (QED) is 0.746. The fourth-order valence-corrected chi connectivity index (χ4v) is 1.87. The predicted molar refractivity (Wildman–Crippen MR) is 71.5 cm³/mol. The molecule has 0 fully saturated rings. The van der Waals surface area contributed by atoms with Crippen LogP contribution in [-0.4, -0.2) is 18.0 Å². The van der Waals surface area contributed by atoms with Crippen molar-refractivity contribution in [2.24, 2.45) is 0 Å². The van der Waals surface area contributed by atoms with Crippen LogP contribution in [0.4, 0.5) is 5.69 Å². The molecule has 2 nitrogen and oxygen atoms in total. The van der Waals surface area contributed by atoms with Gasteiger partial charge in [0.15, 0.2) is 0 Å². The third-order valence-corrected chi connectivity index (χ3v) is 3.04. The second-order valence-corrected chi connectivity index (χ2v) is 4.41. The van der Waals surface area contributed by atoms with Gasteiger partial charge in [0.2, 0.25) is 0 Å². The van der Waals surface area contributed by atoms with E-state index >= 15 is 0 Å². The predicted octanol–water partition coefficient (Wildman–Crippen LogP) is 3.20. The van der Waals surface area contributed by atoms with E-state index < -0.39 is 0 Å². The van der Waals surface area contributed by atoms with Crippen LogP contribution < -0.4 is 5.73 Å². The third-order valence-electron chi connectivity index (χ3n) is 3.04. The Morgan fingerprint density at radius 3 is 2.56 bits per heavy atom. The van der Waals surface area contributed by atoms with E-state index in [9.17, 15) is 0 Å². The third kappa shape index (κ3) is 3.86. The van der Waals surface area contributed by atoms with Gasteiger partial charge >= 0.3 is 0 Å². The summed E-state index contributed by atoms with van der Waals surface area (Å²) in [5.41, 5.74) is 9.31. The van der Waals surface area contributed by atoms with Crippen molar-refractivity contribution >= 4 is 5.69 Å². The minimum absolute atomic E-state index is 0.859. The molecule has 0 bridgehead atoms. The van der Waals surface area contributed by atoms with Gasteiger partial charge in [-0.05, 0) is 49.7 Å². The lowest BCUT2D eigenvalue weighted by Gasteiger charge is -2.21. The van der Waals surface area contributed by atoms with Crippen molar-refractivity contribution in [2.75, 3.05) is 18.8 Å². The normalized spacial score (nSPS) is 11.0. The number of nitrogens with zero attached hydrogens (tertiary/aromatic N) is 1. The number of nitrogen functional groups attached to an aromatic ring is 1. The average Bonchev–Trinajstić information content (AvgIpc) is 2.27. The summed E-state index contributed by atoms with van der Waals surface area (Å²) in [6.07, 6.45) is 2.54. The number of rotatable bonds is 6. The van der Waals surface area contributed by atoms with Gasteiger partial charge in [0, 0.05) is 12.2 Å². The molecule has 1 aromatic carbocycles. The monoisotopic (exact) mass is 220 g/mol. The van der Waals surface area contributed by atoms with E-state index in [2.05, 4.69) is 37.8 Å². The number of anilines is 1. The Balaban J connectivity index is 2.62. The molecule has 2 N–H and O–H groups in total. The molecule has 0 atom stereocenters. The Hall–Kier alpha value is -1.02. The largest absolute Gasteiger partial charge is 0.399 e. The summed E-state index contributed by atoms with van der Waals surface area (Å²) >= 11 is 0. The smallest absolute Gasteiger partial charge is 0.0316 e. The highest BCUT2D eigenvalue weighted by atomic mass is 15.1. The zero-order valence-corrected chi connectivity index (χ0v) is 10.8. The molecule has 0 aliphatic heterocycles. The summed E-state index contributed by atoms with van der Waals surface area (Å²) in [6, 6.07) is 6.21. The number of benzene rings is 1. The molecule has 1 rings (SSSR count). The minimum Gasteiger partial charge on any atom is -0.399 e. The van der Waals surface area contributed by atoms with Gasteiger partial charge < -0.3 is 5.73 Å². The molecule has 0 saturated heterocycles. The van der Waals surface area contributed by atoms with Crippen LogP contribution in [-0.2, 0) is 6.54 Å². The maximum absolute atomic E-state index is 5.76. The van der Waals surface area contributed by atoms with E-state index in [4.69, 9.17) is 5.73 Å². The summed E-state index contributed by atoms with van der Waals surface area (Å²) in [5.74, 6) is 0. The van der Waals surface area contributed by atoms with E-state index in [0.29, 0.717) is 0 Å². The van der Waals surface area contributed by atoms with Crippen LogP contribution in [0.1, 0.15) is 37.8 Å². The lowest BCUT2D eigenvalue weighted by atomic mass is 10.1. The topological polar surface area (TPSA) is 29.3 Å². The Labute approximate surface area is 99.5 Å². The number of hydrogen-bond acceptors (Lipinski definition) is 2. The summed E-state index contributed by atoms with van der Waals surface area (Å²) in [5, 5.41) is 0. The highest BCUT2D eigenvalue weighted by Gasteiger charge is 2.05. The van der Waals surface area contributed by atoms with E-state index in [1.165, 1.54) is 30.5 Å². The van der Waals surface area contributed by atoms with Crippen LogP contribution in [0.25, 0.3) is 0 Å². The first-order chi connectivity index (χ1) is 7.67. The molecule has 0 heterocycles. The van der Waals surface area contributed by atoms with Crippen LogP contribution in [0.15, 0.2) is 18.2 Å². The fraction of sp³-hybridized carbons (Fsp3) is 0.571. The van der Waals surface area contributed by atoms with Crippen LogP contribution in [0, 0.1) is 6.92 Å². The van der Waals surface area contributed by atoms with Gasteiger partial charge in [0.25, 0.3) is 0 Å². The lowest BCUT2D eigenvalue weighted by molar-refractivity contribution is 0.275. The first kappa shape index (κ1) is 13.0. The number of nitrogens with two attached hydrogens (primary N) is 1. The maximum Gasteiger partial charge on any atom is 0.0316 e. The van der Waals surface area contributed by atoms with Crippen LogP contribution >= 0.6 is 0 Å². The van der Waals surface area contributed by atoms with Crippen molar-refractivity contribution < 1.29 is 0 Å². The second kappa shape index (κ2) is 6.54. The SMILES string of the molecule is CCCCN(CC)Cc1ccc(N)cc1C. The highest BCUT2D eigenvalue weighted by Crippen LogP contribution is 2.14. The van der Waals surface area contributed by atoms with Crippen molar-refractivity contribution in [3.8, 4) is 0 Å². The molecule has 0 amide bonds. The molecule has 0 saturated carbocycles. The highest BCUT2D eigenvalue weighted by molar-refractivity contribution is 5.44. The van der Waals surface area contributed by atoms with Crippen LogP contribution in [0.5, 0.6) is 0 Å². The van der Waals surface area contributed by atoms with Crippen LogP contribution in [0.3, 0.4) is 0 Å². The van der Waals surface area contributed by atoms with E-state index in [1.54, 1.807) is 0 Å². The minimum atomic E-state index is 0.859. The Morgan fingerprint density at radius 1 is 1.25 bits per heavy atom. The average molecular weight is 220 g/mol. The second-order valence-electron chi connectivity index (χ2n) is 4.41. The van der Waals surface area contributed by atoms with Gasteiger partial charge in [-0.1, -0.05) is 26.3 Å². The fourth-order valence-electron chi connectivity index (χ4n) is 1.87. The molecular formula is C14H24N2. The molecule has 0 unspecified atom stereocenters. The summed E-state index contributed by atoms with van der Waals surface area (Å²) in [7, 11) is 0. The van der Waals surface area contributed by atoms with E-state index in [1.807, 2.05) is 6.07 Å². The van der Waals surface area contributed by atoms with Gasteiger partial charge in [-0.2, -0.15) is 0 Å². The van der Waals surface area contributed by atoms with Gasteiger partial charge in [0.05, 0.1) is 0 Å². The van der Waals surface area contributed by atoms with Gasteiger partial charge in [-0.25, -0.2) is 0 Å². The number of unbranched alkanes of at least 4 members (excludes halogenated alkanes) is 1. The van der Waals surface area contributed by atoms with Gasteiger partial charge in [0.1, 0.15) is 0 Å². The first-order valence-electron chi connectivity index (χ1n) is 6.24. The zero-order valence-electron chi connectivity index (χ0n) is 10.8. The Bertz CT molecular complexity index is 321. The van der Waals surface area contributed by atoms with Gasteiger partial charge in [-0.15, -0.1) is 0 Å². The van der Waals surface area contributed by atoms with Crippen molar-refractivity contribution in [2.45, 2.75) is 40.2 Å². The number of hydrogen-bond donors (Lipinski definition) is 1.